The van der Waals surface area contributed by atoms with Gasteiger partial charge in [-0.2, -0.15) is 0 Å². The third-order valence-electron chi connectivity index (χ3n) is 4.07. The van der Waals surface area contributed by atoms with Crippen molar-refractivity contribution in [2.75, 3.05) is 19.8 Å². The number of carbonyl (C=O) groups is 2. The van der Waals surface area contributed by atoms with Crippen LogP contribution in [0.5, 0.6) is 5.75 Å². The van der Waals surface area contributed by atoms with Crippen LogP contribution < -0.4 is 10.1 Å². The van der Waals surface area contributed by atoms with Crippen molar-refractivity contribution in [2.24, 2.45) is 0 Å². The maximum absolute atomic E-state index is 12.5. The molecule has 1 aromatic rings. The minimum atomic E-state index is -1.03. The van der Waals surface area contributed by atoms with Crippen LogP contribution in [0, 0.1) is 13.8 Å². The fraction of sp³-hybridized carbons (Fsp3) is 0.529. The molecule has 1 saturated heterocycles. The molecule has 6 heteroatoms. The molecule has 0 bridgehead atoms. The first-order valence-corrected chi connectivity index (χ1v) is 7.67. The van der Waals surface area contributed by atoms with Crippen molar-refractivity contribution in [1.82, 2.24) is 5.32 Å². The van der Waals surface area contributed by atoms with Crippen LogP contribution in [0.3, 0.4) is 0 Å². The number of benzene rings is 1. The SMILES string of the molecule is Cc1cc(C(=O)NC2(C)CCOCC2)cc(C)c1OCC(=O)O. The summed E-state index contributed by atoms with van der Waals surface area (Å²) in [5.41, 5.74) is 1.78. The van der Waals surface area contributed by atoms with E-state index < -0.39 is 12.6 Å². The molecule has 0 atom stereocenters. The first-order valence-electron chi connectivity index (χ1n) is 7.67. The van der Waals surface area contributed by atoms with Crippen molar-refractivity contribution in [1.29, 1.82) is 0 Å². The average molecular weight is 321 g/mol. The summed E-state index contributed by atoms with van der Waals surface area (Å²) in [6.45, 7) is 6.53. The van der Waals surface area contributed by atoms with Gasteiger partial charge in [0.2, 0.25) is 0 Å². The second kappa shape index (κ2) is 7.00. The van der Waals surface area contributed by atoms with E-state index in [1.54, 1.807) is 26.0 Å². The van der Waals surface area contributed by atoms with Gasteiger partial charge in [0.25, 0.3) is 5.91 Å². The van der Waals surface area contributed by atoms with Crippen molar-refractivity contribution in [2.45, 2.75) is 39.2 Å². The highest BCUT2D eigenvalue weighted by Crippen LogP contribution is 2.26. The number of hydrogen-bond donors (Lipinski definition) is 2. The number of hydrogen-bond acceptors (Lipinski definition) is 4. The summed E-state index contributed by atoms with van der Waals surface area (Å²) in [5.74, 6) is -0.648. The van der Waals surface area contributed by atoms with E-state index in [9.17, 15) is 9.59 Å². The van der Waals surface area contributed by atoms with Gasteiger partial charge in [0, 0.05) is 24.3 Å². The summed E-state index contributed by atoms with van der Waals surface area (Å²) in [7, 11) is 0. The van der Waals surface area contributed by atoms with Gasteiger partial charge in [-0.3, -0.25) is 4.79 Å². The molecule has 126 valence electrons. The number of nitrogens with one attached hydrogen (secondary N) is 1. The molecule has 23 heavy (non-hydrogen) atoms. The largest absolute Gasteiger partial charge is 0.481 e. The second-order valence-corrected chi connectivity index (χ2v) is 6.25. The predicted octanol–water partition coefficient (Wildman–Crippen LogP) is 2.07. The normalized spacial score (nSPS) is 16.7. The smallest absolute Gasteiger partial charge is 0.341 e. The highest BCUT2D eigenvalue weighted by atomic mass is 16.5. The van der Waals surface area contributed by atoms with Crippen LogP contribution in [-0.2, 0) is 9.53 Å². The lowest BCUT2D eigenvalue weighted by atomic mass is 9.92. The number of aliphatic carboxylic acids is 1. The molecule has 1 heterocycles. The first-order chi connectivity index (χ1) is 10.8. The lowest BCUT2D eigenvalue weighted by Gasteiger charge is -2.34. The molecule has 0 saturated carbocycles. The zero-order chi connectivity index (χ0) is 17.0. The van der Waals surface area contributed by atoms with Crippen molar-refractivity contribution in [3.05, 3.63) is 28.8 Å². The van der Waals surface area contributed by atoms with Gasteiger partial charge in [0.15, 0.2) is 6.61 Å². The Bertz CT molecular complexity index is 582. The molecular weight excluding hydrogens is 298 g/mol. The molecule has 1 aromatic carbocycles. The Labute approximate surface area is 135 Å². The lowest BCUT2D eigenvalue weighted by molar-refractivity contribution is -0.139. The van der Waals surface area contributed by atoms with Gasteiger partial charge >= 0.3 is 5.97 Å². The van der Waals surface area contributed by atoms with E-state index in [0.29, 0.717) is 24.5 Å². The van der Waals surface area contributed by atoms with Crippen LogP contribution in [0.1, 0.15) is 41.3 Å². The van der Waals surface area contributed by atoms with Crippen LogP contribution in [-0.4, -0.2) is 42.3 Å². The Hall–Kier alpha value is -2.08. The standard InChI is InChI=1S/C17H23NO5/c1-11-8-13(9-12(2)15(11)23-10-14(19)20)16(21)18-17(3)4-6-22-7-5-17/h8-9H,4-7,10H2,1-3H3,(H,18,21)(H,19,20). The van der Waals surface area contributed by atoms with Crippen LogP contribution >= 0.6 is 0 Å². The minimum Gasteiger partial charge on any atom is -0.481 e. The lowest BCUT2D eigenvalue weighted by Crippen LogP contribution is -2.49. The van der Waals surface area contributed by atoms with E-state index in [0.717, 1.165) is 24.0 Å². The Morgan fingerprint density at radius 2 is 1.83 bits per heavy atom. The highest BCUT2D eigenvalue weighted by molar-refractivity contribution is 5.95. The molecule has 1 aliphatic rings. The van der Waals surface area contributed by atoms with E-state index in [4.69, 9.17) is 14.6 Å². The number of ether oxygens (including phenoxy) is 2. The van der Waals surface area contributed by atoms with E-state index in [2.05, 4.69) is 5.32 Å². The summed E-state index contributed by atoms with van der Waals surface area (Å²) in [6, 6.07) is 3.45. The highest BCUT2D eigenvalue weighted by Gasteiger charge is 2.29. The molecule has 1 fully saturated rings. The average Bonchev–Trinajstić information content (AvgIpc) is 2.46. The second-order valence-electron chi connectivity index (χ2n) is 6.25. The third kappa shape index (κ3) is 4.45. The maximum Gasteiger partial charge on any atom is 0.341 e. The van der Waals surface area contributed by atoms with E-state index in [1.165, 1.54) is 0 Å². The molecule has 2 rings (SSSR count). The fourth-order valence-electron chi connectivity index (χ4n) is 2.74. The van der Waals surface area contributed by atoms with Gasteiger partial charge in [-0.25, -0.2) is 4.79 Å². The number of amides is 1. The van der Waals surface area contributed by atoms with Crippen LogP contribution in [0.2, 0.25) is 0 Å². The van der Waals surface area contributed by atoms with Crippen molar-refractivity contribution < 1.29 is 24.2 Å². The van der Waals surface area contributed by atoms with E-state index >= 15 is 0 Å². The minimum absolute atomic E-state index is 0.134. The molecule has 1 amide bonds. The van der Waals surface area contributed by atoms with Crippen LogP contribution in [0.15, 0.2) is 12.1 Å². The van der Waals surface area contributed by atoms with Crippen LogP contribution in [0.4, 0.5) is 0 Å². The maximum atomic E-state index is 12.5. The molecule has 0 radical (unpaired) electrons. The van der Waals surface area contributed by atoms with Crippen LogP contribution in [0.25, 0.3) is 0 Å². The third-order valence-corrected chi connectivity index (χ3v) is 4.07. The quantitative estimate of drug-likeness (QED) is 0.867. The van der Waals surface area contributed by atoms with Crippen molar-refractivity contribution in [3.8, 4) is 5.75 Å². The zero-order valence-electron chi connectivity index (χ0n) is 13.8. The Kier molecular flexibility index (Phi) is 5.26. The number of rotatable bonds is 5. The van der Waals surface area contributed by atoms with E-state index in [-0.39, 0.29) is 11.4 Å². The molecule has 0 aliphatic carbocycles. The molecule has 0 unspecified atom stereocenters. The summed E-state index contributed by atoms with van der Waals surface area (Å²) < 4.78 is 10.6. The number of carboxylic acid groups (broad SMARTS) is 1. The zero-order valence-corrected chi connectivity index (χ0v) is 13.8. The van der Waals surface area contributed by atoms with Gasteiger partial charge in [-0.1, -0.05) is 0 Å². The summed E-state index contributed by atoms with van der Waals surface area (Å²) in [5, 5.41) is 11.8. The Morgan fingerprint density at radius 1 is 1.26 bits per heavy atom. The number of aryl methyl sites for hydroxylation is 2. The predicted molar refractivity (Wildman–Crippen MR) is 85.0 cm³/mol. The fourth-order valence-corrected chi connectivity index (χ4v) is 2.74. The summed E-state index contributed by atoms with van der Waals surface area (Å²) in [6.07, 6.45) is 1.58. The number of carbonyl (C=O) groups excluding carboxylic acids is 1. The number of carboxylic acids is 1. The van der Waals surface area contributed by atoms with E-state index in [1.807, 2.05) is 6.92 Å². The topological polar surface area (TPSA) is 84.9 Å². The molecular formula is C17H23NO5. The summed E-state index contributed by atoms with van der Waals surface area (Å²) >= 11 is 0. The molecule has 2 N–H and O–H groups in total. The summed E-state index contributed by atoms with van der Waals surface area (Å²) in [4.78, 5) is 23.1. The Morgan fingerprint density at radius 3 is 2.35 bits per heavy atom. The van der Waals surface area contributed by atoms with Crippen molar-refractivity contribution in [3.63, 3.8) is 0 Å². The van der Waals surface area contributed by atoms with Gasteiger partial charge < -0.3 is 19.9 Å². The Balaban J connectivity index is 2.13. The molecule has 6 nitrogen and oxygen atoms in total. The molecule has 1 aliphatic heterocycles. The van der Waals surface area contributed by atoms with Gasteiger partial charge in [0.1, 0.15) is 5.75 Å². The van der Waals surface area contributed by atoms with Crippen molar-refractivity contribution >= 4 is 11.9 Å². The molecule has 0 spiro atoms. The molecule has 0 aromatic heterocycles. The van der Waals surface area contributed by atoms with Gasteiger partial charge in [-0.05, 0) is 56.9 Å². The first kappa shape index (κ1) is 17.3. The monoisotopic (exact) mass is 321 g/mol. The van der Waals surface area contributed by atoms with Gasteiger partial charge in [0.05, 0.1) is 0 Å². The van der Waals surface area contributed by atoms with Gasteiger partial charge in [-0.15, -0.1) is 0 Å².